The topological polar surface area (TPSA) is 96.1 Å². The van der Waals surface area contributed by atoms with Gasteiger partial charge in [0.1, 0.15) is 18.2 Å². The molecule has 0 aromatic heterocycles. The molecule has 2 aromatic carbocycles. The maximum absolute atomic E-state index is 13.0. The van der Waals surface area contributed by atoms with Crippen molar-refractivity contribution in [2.45, 2.75) is 19.3 Å². The van der Waals surface area contributed by atoms with Gasteiger partial charge in [0, 0.05) is 18.7 Å². The summed E-state index contributed by atoms with van der Waals surface area (Å²) in [6, 6.07) is 10.7. The first-order valence-corrected chi connectivity index (χ1v) is 9.49. The molecule has 0 unspecified atom stereocenters. The first-order chi connectivity index (χ1) is 13.9. The third-order valence-corrected chi connectivity index (χ3v) is 4.88. The lowest BCUT2D eigenvalue weighted by Crippen LogP contribution is -2.38. The number of benzene rings is 2. The molecule has 29 heavy (non-hydrogen) atoms. The van der Waals surface area contributed by atoms with Crippen LogP contribution in [0.2, 0.25) is 0 Å². The van der Waals surface area contributed by atoms with Crippen LogP contribution in [-0.2, 0) is 12.8 Å². The van der Waals surface area contributed by atoms with Crippen LogP contribution in [0.25, 0.3) is 0 Å². The van der Waals surface area contributed by atoms with Crippen LogP contribution in [-0.4, -0.2) is 53.3 Å². The van der Waals surface area contributed by atoms with Crippen molar-refractivity contribution in [3.8, 4) is 5.75 Å². The minimum absolute atomic E-state index is 0.00725. The van der Waals surface area contributed by atoms with Crippen molar-refractivity contribution in [3.63, 3.8) is 0 Å². The van der Waals surface area contributed by atoms with Crippen LogP contribution in [0.3, 0.4) is 0 Å². The Morgan fingerprint density at radius 3 is 2.72 bits per heavy atom. The number of carbonyl (C=O) groups is 2. The normalized spacial score (nSPS) is 13.2. The van der Waals surface area contributed by atoms with E-state index in [0.29, 0.717) is 29.5 Å². The maximum Gasteiger partial charge on any atom is 0.338 e. The molecule has 3 N–H and O–H groups in total. The predicted octanol–water partition coefficient (Wildman–Crippen LogP) is 2.61. The molecule has 1 aliphatic rings. The number of rotatable bonds is 8. The molecule has 0 radical (unpaired) electrons. The quantitative estimate of drug-likeness (QED) is 0.525. The zero-order valence-corrected chi connectivity index (χ0v) is 16.0. The standard InChI is InChI=1S/C21H24FN3O4/c22-17-5-3-15(4-6-17)2-1-10-24-11-9-16-14-18(7-8-19(16)20(24)26)29-13-12-25(28)21(23)27/h3-8,14,28H,1-2,9-13H2,(H2,23,27). The van der Waals surface area contributed by atoms with Gasteiger partial charge in [0.05, 0.1) is 6.54 Å². The van der Waals surface area contributed by atoms with Crippen LogP contribution >= 0.6 is 0 Å². The number of halogens is 1. The van der Waals surface area contributed by atoms with Crippen LogP contribution in [0.4, 0.5) is 9.18 Å². The largest absolute Gasteiger partial charge is 0.492 e. The van der Waals surface area contributed by atoms with Crippen molar-refractivity contribution >= 4 is 11.9 Å². The number of amides is 3. The summed E-state index contributed by atoms with van der Waals surface area (Å²) in [6.45, 7) is 1.31. The summed E-state index contributed by atoms with van der Waals surface area (Å²) in [7, 11) is 0. The number of aryl methyl sites for hydroxylation is 1. The first kappa shape index (κ1) is 20.6. The second-order valence-corrected chi connectivity index (χ2v) is 6.90. The molecular weight excluding hydrogens is 377 g/mol. The molecule has 1 aliphatic heterocycles. The number of primary amides is 1. The van der Waals surface area contributed by atoms with E-state index in [-0.39, 0.29) is 24.9 Å². The smallest absolute Gasteiger partial charge is 0.338 e. The number of nitrogens with two attached hydrogens (primary N) is 1. The lowest BCUT2D eigenvalue weighted by Gasteiger charge is -2.29. The molecule has 0 saturated carbocycles. The van der Waals surface area contributed by atoms with E-state index in [0.717, 1.165) is 30.4 Å². The molecule has 3 rings (SSSR count). The van der Waals surface area contributed by atoms with Crippen LogP contribution in [0.15, 0.2) is 42.5 Å². The predicted molar refractivity (Wildman–Crippen MR) is 104 cm³/mol. The first-order valence-electron chi connectivity index (χ1n) is 9.49. The number of hydroxylamine groups is 2. The molecule has 0 spiro atoms. The lowest BCUT2D eigenvalue weighted by atomic mass is 9.98. The van der Waals surface area contributed by atoms with E-state index >= 15 is 0 Å². The fourth-order valence-corrected chi connectivity index (χ4v) is 3.30. The third kappa shape index (κ3) is 5.45. The van der Waals surface area contributed by atoms with Gasteiger partial charge in [0.25, 0.3) is 5.91 Å². The minimum Gasteiger partial charge on any atom is -0.492 e. The molecule has 8 heteroatoms. The van der Waals surface area contributed by atoms with Gasteiger partial charge in [-0.05, 0) is 60.7 Å². The minimum atomic E-state index is -0.941. The Labute approximate surface area is 168 Å². The monoisotopic (exact) mass is 401 g/mol. The molecule has 7 nitrogen and oxygen atoms in total. The number of fused-ring (bicyclic) bond motifs is 1. The highest BCUT2D eigenvalue weighted by Gasteiger charge is 2.24. The number of hydrogen-bond donors (Lipinski definition) is 2. The van der Waals surface area contributed by atoms with Gasteiger partial charge in [-0.15, -0.1) is 0 Å². The molecule has 3 amide bonds. The van der Waals surface area contributed by atoms with E-state index in [2.05, 4.69) is 0 Å². The summed E-state index contributed by atoms with van der Waals surface area (Å²) in [5, 5.41) is 9.61. The molecular formula is C21H24FN3O4. The number of ether oxygens (including phenoxy) is 1. The van der Waals surface area contributed by atoms with E-state index in [1.165, 1.54) is 12.1 Å². The molecule has 0 bridgehead atoms. The van der Waals surface area contributed by atoms with Gasteiger partial charge in [0.15, 0.2) is 0 Å². The summed E-state index contributed by atoms with van der Waals surface area (Å²) >= 11 is 0. The van der Waals surface area contributed by atoms with E-state index in [4.69, 9.17) is 10.5 Å². The highest BCUT2D eigenvalue weighted by atomic mass is 19.1. The second kappa shape index (κ2) is 9.38. The fraction of sp³-hybridized carbons (Fsp3) is 0.333. The molecule has 2 aromatic rings. The summed E-state index contributed by atoms with van der Waals surface area (Å²) in [5.74, 6) is 0.313. The van der Waals surface area contributed by atoms with Crippen molar-refractivity contribution in [3.05, 3.63) is 65.0 Å². The van der Waals surface area contributed by atoms with Gasteiger partial charge in [-0.3, -0.25) is 10.0 Å². The Morgan fingerprint density at radius 2 is 2.00 bits per heavy atom. The zero-order chi connectivity index (χ0) is 20.8. The molecule has 154 valence electrons. The summed E-state index contributed by atoms with van der Waals surface area (Å²) < 4.78 is 18.5. The molecule has 1 heterocycles. The van der Waals surface area contributed by atoms with Crippen LogP contribution < -0.4 is 10.5 Å². The van der Waals surface area contributed by atoms with Crippen molar-refractivity contribution in [2.75, 3.05) is 26.2 Å². The van der Waals surface area contributed by atoms with Crippen molar-refractivity contribution in [2.24, 2.45) is 5.73 Å². The van der Waals surface area contributed by atoms with E-state index in [9.17, 15) is 19.2 Å². The number of urea groups is 1. The Morgan fingerprint density at radius 1 is 1.24 bits per heavy atom. The number of hydrogen-bond acceptors (Lipinski definition) is 4. The van der Waals surface area contributed by atoms with Crippen LogP contribution in [0.5, 0.6) is 5.75 Å². The maximum atomic E-state index is 13.0. The Kier molecular flexibility index (Phi) is 6.66. The highest BCUT2D eigenvalue weighted by molar-refractivity contribution is 5.96. The fourth-order valence-electron chi connectivity index (χ4n) is 3.30. The van der Waals surface area contributed by atoms with E-state index in [1.807, 2.05) is 11.0 Å². The van der Waals surface area contributed by atoms with Gasteiger partial charge in [0.2, 0.25) is 0 Å². The third-order valence-electron chi connectivity index (χ3n) is 4.88. The molecule has 0 saturated heterocycles. The van der Waals surface area contributed by atoms with Crippen molar-refractivity contribution in [1.29, 1.82) is 0 Å². The summed E-state index contributed by atoms with van der Waals surface area (Å²) in [6.07, 6.45) is 2.32. The van der Waals surface area contributed by atoms with E-state index < -0.39 is 6.03 Å². The zero-order valence-electron chi connectivity index (χ0n) is 16.0. The second-order valence-electron chi connectivity index (χ2n) is 6.90. The Balaban J connectivity index is 1.51. The summed E-state index contributed by atoms with van der Waals surface area (Å²) in [5.41, 5.74) is 7.56. The molecule has 0 aliphatic carbocycles. The lowest BCUT2D eigenvalue weighted by molar-refractivity contribution is -0.0464. The van der Waals surface area contributed by atoms with Gasteiger partial charge >= 0.3 is 6.03 Å². The van der Waals surface area contributed by atoms with Gasteiger partial charge < -0.3 is 15.4 Å². The van der Waals surface area contributed by atoms with Crippen molar-refractivity contribution < 1.29 is 23.9 Å². The van der Waals surface area contributed by atoms with E-state index in [1.54, 1.807) is 24.3 Å². The number of nitrogens with zero attached hydrogens (tertiary/aromatic N) is 2. The Bertz CT molecular complexity index is 873. The average molecular weight is 401 g/mol. The van der Waals surface area contributed by atoms with Crippen LogP contribution in [0, 0.1) is 5.82 Å². The average Bonchev–Trinajstić information content (AvgIpc) is 2.71. The van der Waals surface area contributed by atoms with Crippen LogP contribution in [0.1, 0.15) is 27.9 Å². The highest BCUT2D eigenvalue weighted by Crippen LogP contribution is 2.24. The van der Waals surface area contributed by atoms with Crippen molar-refractivity contribution in [1.82, 2.24) is 9.96 Å². The van der Waals surface area contributed by atoms with Gasteiger partial charge in [-0.1, -0.05) is 12.1 Å². The molecule has 0 fully saturated rings. The summed E-state index contributed by atoms with van der Waals surface area (Å²) in [4.78, 5) is 25.3. The Hall–Kier alpha value is -3.13. The van der Waals surface area contributed by atoms with Gasteiger partial charge in [-0.25, -0.2) is 14.2 Å². The van der Waals surface area contributed by atoms with Gasteiger partial charge in [-0.2, -0.15) is 0 Å². The SMILES string of the molecule is NC(=O)N(O)CCOc1ccc2c(c1)CCN(CCCc1ccc(F)cc1)C2=O. The number of carbonyl (C=O) groups excluding carboxylic acids is 2. The molecule has 0 atom stereocenters.